The Morgan fingerprint density at radius 3 is 2.59 bits per heavy atom. The number of hydrogen-bond donors (Lipinski definition) is 0. The molecule has 0 saturated carbocycles. The van der Waals surface area contributed by atoms with Gasteiger partial charge in [-0.15, -0.1) is 0 Å². The lowest BCUT2D eigenvalue weighted by Gasteiger charge is -2.44. The molecule has 0 unspecified atom stereocenters. The molecule has 0 bridgehead atoms. The van der Waals surface area contributed by atoms with E-state index in [0.717, 1.165) is 17.7 Å². The summed E-state index contributed by atoms with van der Waals surface area (Å²) in [5.74, 6) is 0.493. The molecular weight excluding hydrogens is 408 g/mol. The zero-order chi connectivity index (χ0) is 22.5. The normalized spacial score (nSPS) is 17.4. The van der Waals surface area contributed by atoms with Gasteiger partial charge >= 0.3 is 0 Å². The van der Waals surface area contributed by atoms with Crippen LogP contribution >= 0.6 is 0 Å². The Balaban J connectivity index is 1.44. The van der Waals surface area contributed by atoms with Gasteiger partial charge in [-0.05, 0) is 30.9 Å². The van der Waals surface area contributed by atoms with Gasteiger partial charge in [-0.25, -0.2) is 14.6 Å². The summed E-state index contributed by atoms with van der Waals surface area (Å²) in [6, 6.07) is 7.13. The molecule has 2 aliphatic heterocycles. The van der Waals surface area contributed by atoms with Crippen molar-refractivity contribution in [2.24, 2.45) is 7.05 Å². The fourth-order valence-corrected chi connectivity index (χ4v) is 4.67. The summed E-state index contributed by atoms with van der Waals surface area (Å²) >= 11 is 0. The van der Waals surface area contributed by atoms with Crippen LogP contribution in [-0.4, -0.2) is 64.3 Å². The van der Waals surface area contributed by atoms with Crippen LogP contribution in [0, 0.1) is 0 Å². The van der Waals surface area contributed by atoms with Gasteiger partial charge in [0.05, 0.1) is 17.7 Å². The molecule has 1 aromatic carbocycles. The SMILES string of the molecule is CN(C)c1ncc2c(n1)C1(CCN(C(=O)c3nn(C)c(=O)c4ccccc34)CC1)OCC2. The number of rotatable bonds is 2. The van der Waals surface area contributed by atoms with Gasteiger partial charge < -0.3 is 14.5 Å². The van der Waals surface area contributed by atoms with Gasteiger partial charge in [-0.3, -0.25) is 9.59 Å². The molecule has 2 aliphatic rings. The molecule has 0 atom stereocenters. The van der Waals surface area contributed by atoms with Crippen LogP contribution in [0.4, 0.5) is 5.95 Å². The van der Waals surface area contributed by atoms with Gasteiger partial charge in [0, 0.05) is 45.8 Å². The van der Waals surface area contributed by atoms with Crippen LogP contribution in [0.15, 0.2) is 35.3 Å². The van der Waals surface area contributed by atoms with Crippen molar-refractivity contribution in [1.82, 2.24) is 24.6 Å². The van der Waals surface area contributed by atoms with Crippen molar-refractivity contribution in [1.29, 1.82) is 0 Å². The first-order valence-corrected chi connectivity index (χ1v) is 10.8. The number of likely N-dealkylation sites (tertiary alicyclic amines) is 1. The van der Waals surface area contributed by atoms with Crippen molar-refractivity contribution in [3.05, 3.63) is 57.8 Å². The highest BCUT2D eigenvalue weighted by atomic mass is 16.5. The quantitative estimate of drug-likeness (QED) is 0.603. The maximum absolute atomic E-state index is 13.4. The second kappa shape index (κ2) is 7.67. The highest BCUT2D eigenvalue weighted by molar-refractivity contribution is 6.04. The Morgan fingerprint density at radius 1 is 1.16 bits per heavy atom. The Morgan fingerprint density at radius 2 is 1.88 bits per heavy atom. The van der Waals surface area contributed by atoms with Crippen LogP contribution in [0.2, 0.25) is 0 Å². The highest BCUT2D eigenvalue weighted by Crippen LogP contribution is 2.41. The lowest BCUT2D eigenvalue weighted by Crippen LogP contribution is -2.49. The van der Waals surface area contributed by atoms with E-state index in [1.807, 2.05) is 31.3 Å². The Bertz CT molecular complexity index is 1260. The number of anilines is 1. The van der Waals surface area contributed by atoms with E-state index in [-0.39, 0.29) is 11.5 Å². The van der Waals surface area contributed by atoms with Crippen molar-refractivity contribution in [3.8, 4) is 0 Å². The molecular formula is C23H26N6O3. The number of hydrogen-bond acceptors (Lipinski definition) is 7. The lowest BCUT2D eigenvalue weighted by atomic mass is 9.83. The number of carbonyl (C=O) groups excluding carboxylic acids is 1. The van der Waals surface area contributed by atoms with Crippen LogP contribution in [0.1, 0.15) is 34.6 Å². The number of piperidine rings is 1. The third kappa shape index (κ3) is 3.24. The van der Waals surface area contributed by atoms with Crippen LogP contribution in [0.25, 0.3) is 10.8 Å². The van der Waals surface area contributed by atoms with E-state index < -0.39 is 5.60 Å². The highest BCUT2D eigenvalue weighted by Gasteiger charge is 2.44. The van der Waals surface area contributed by atoms with E-state index in [1.165, 1.54) is 4.68 Å². The van der Waals surface area contributed by atoms with E-state index in [0.29, 0.717) is 55.0 Å². The number of ether oxygens (including phenoxy) is 1. The van der Waals surface area contributed by atoms with Gasteiger partial charge in [-0.2, -0.15) is 5.10 Å². The molecule has 32 heavy (non-hydrogen) atoms. The number of carbonyl (C=O) groups is 1. The number of aryl methyl sites for hydroxylation is 1. The Kier molecular flexibility index (Phi) is 4.93. The monoisotopic (exact) mass is 434 g/mol. The molecule has 0 N–H and O–H groups in total. The molecule has 9 nitrogen and oxygen atoms in total. The van der Waals surface area contributed by atoms with E-state index >= 15 is 0 Å². The lowest BCUT2D eigenvalue weighted by molar-refractivity contribution is -0.0967. The first-order valence-electron chi connectivity index (χ1n) is 10.8. The molecule has 166 valence electrons. The zero-order valence-corrected chi connectivity index (χ0v) is 18.5. The smallest absolute Gasteiger partial charge is 0.274 e. The summed E-state index contributed by atoms with van der Waals surface area (Å²) in [7, 11) is 5.42. The molecule has 1 fully saturated rings. The summed E-state index contributed by atoms with van der Waals surface area (Å²) in [5, 5.41) is 5.39. The molecule has 1 spiro atoms. The van der Waals surface area contributed by atoms with Crippen molar-refractivity contribution in [3.63, 3.8) is 0 Å². The Hall–Kier alpha value is -3.33. The van der Waals surface area contributed by atoms with Crippen LogP contribution in [0.5, 0.6) is 0 Å². The van der Waals surface area contributed by atoms with E-state index in [9.17, 15) is 9.59 Å². The average molecular weight is 435 g/mol. The minimum atomic E-state index is -0.503. The van der Waals surface area contributed by atoms with Crippen molar-refractivity contribution >= 4 is 22.6 Å². The number of benzene rings is 1. The molecule has 9 heteroatoms. The molecule has 3 aromatic rings. The number of nitrogens with zero attached hydrogens (tertiary/aromatic N) is 6. The van der Waals surface area contributed by atoms with Crippen LogP contribution < -0.4 is 10.5 Å². The van der Waals surface area contributed by atoms with Crippen molar-refractivity contribution in [2.75, 3.05) is 38.7 Å². The molecule has 1 saturated heterocycles. The maximum atomic E-state index is 13.4. The zero-order valence-electron chi connectivity index (χ0n) is 18.5. The summed E-state index contributed by atoms with van der Waals surface area (Å²) in [6.45, 7) is 1.68. The van der Waals surface area contributed by atoms with Gasteiger partial charge in [0.15, 0.2) is 5.69 Å². The van der Waals surface area contributed by atoms with Gasteiger partial charge in [-0.1, -0.05) is 18.2 Å². The topological polar surface area (TPSA) is 93.5 Å². The number of aromatic nitrogens is 4. The van der Waals surface area contributed by atoms with Gasteiger partial charge in [0.1, 0.15) is 5.60 Å². The molecule has 2 aromatic heterocycles. The Labute approximate surface area is 185 Å². The minimum Gasteiger partial charge on any atom is -0.368 e. The average Bonchev–Trinajstić information content (AvgIpc) is 2.81. The minimum absolute atomic E-state index is 0.167. The summed E-state index contributed by atoms with van der Waals surface area (Å²) in [4.78, 5) is 38.8. The first-order chi connectivity index (χ1) is 15.4. The second-order valence-corrected chi connectivity index (χ2v) is 8.65. The van der Waals surface area contributed by atoms with E-state index in [1.54, 1.807) is 30.1 Å². The van der Waals surface area contributed by atoms with Crippen LogP contribution in [-0.2, 0) is 23.8 Å². The van der Waals surface area contributed by atoms with Crippen molar-refractivity contribution in [2.45, 2.75) is 24.9 Å². The summed E-state index contributed by atoms with van der Waals surface area (Å²) in [5.41, 5.74) is 1.66. The fraction of sp³-hybridized carbons (Fsp3) is 0.435. The molecule has 5 rings (SSSR count). The second-order valence-electron chi connectivity index (χ2n) is 8.65. The van der Waals surface area contributed by atoms with Gasteiger partial charge in [0.25, 0.3) is 11.5 Å². The molecule has 4 heterocycles. The number of fused-ring (bicyclic) bond motifs is 3. The predicted octanol–water partition coefficient (Wildman–Crippen LogP) is 1.49. The van der Waals surface area contributed by atoms with Crippen molar-refractivity contribution < 1.29 is 9.53 Å². The molecule has 0 aliphatic carbocycles. The largest absolute Gasteiger partial charge is 0.368 e. The maximum Gasteiger partial charge on any atom is 0.274 e. The van der Waals surface area contributed by atoms with E-state index in [4.69, 9.17) is 9.72 Å². The van der Waals surface area contributed by atoms with Gasteiger partial charge in [0.2, 0.25) is 5.95 Å². The third-order valence-corrected chi connectivity index (χ3v) is 6.45. The van der Waals surface area contributed by atoms with E-state index in [2.05, 4.69) is 10.1 Å². The first kappa shape index (κ1) is 20.6. The summed E-state index contributed by atoms with van der Waals surface area (Å²) in [6.07, 6.45) is 4.00. The standard InChI is InChI=1S/C23H26N6O3/c1-27(2)22-24-14-15-8-13-32-23(19(15)25-22)9-11-29(12-10-23)21(31)18-16-6-4-5-7-17(16)20(30)28(3)26-18/h4-7,14H,8-13H2,1-3H3. The summed E-state index contributed by atoms with van der Waals surface area (Å²) < 4.78 is 7.54. The molecule has 0 radical (unpaired) electrons. The fourth-order valence-electron chi connectivity index (χ4n) is 4.67. The molecule has 1 amide bonds. The van der Waals surface area contributed by atoms with Crippen LogP contribution in [0.3, 0.4) is 0 Å². The number of amides is 1. The third-order valence-electron chi connectivity index (χ3n) is 6.45. The predicted molar refractivity (Wildman–Crippen MR) is 120 cm³/mol.